The van der Waals surface area contributed by atoms with E-state index < -0.39 is 18.2 Å². The van der Waals surface area contributed by atoms with Crippen LogP contribution >= 0.6 is 0 Å². The van der Waals surface area contributed by atoms with Crippen LogP contribution in [0.25, 0.3) is 0 Å². The van der Waals surface area contributed by atoms with Gasteiger partial charge in [-0.3, -0.25) is 10.5 Å². The van der Waals surface area contributed by atoms with Gasteiger partial charge in [0.15, 0.2) is 0 Å². The molecule has 0 fully saturated rings. The van der Waals surface area contributed by atoms with Gasteiger partial charge >= 0.3 is 11.9 Å². The molecule has 0 aliphatic carbocycles. The van der Waals surface area contributed by atoms with E-state index in [0.717, 1.165) is 0 Å². The van der Waals surface area contributed by atoms with E-state index in [-0.39, 0.29) is 6.42 Å². The van der Waals surface area contributed by atoms with Crippen LogP contribution in [0.5, 0.6) is 0 Å². The molecule has 0 spiro atoms. The molecule has 0 saturated carbocycles. The molecule has 0 aliphatic heterocycles. The number of hydrogen-bond acceptors (Lipinski definition) is 4. The highest BCUT2D eigenvalue weighted by Crippen LogP contribution is 1.88. The summed E-state index contributed by atoms with van der Waals surface area (Å²) in [6.07, 6.45) is -1.41. The predicted molar refractivity (Wildman–Crippen MR) is 32.0 cm³/mol. The fourth-order valence-corrected chi connectivity index (χ4v) is 0.275. The number of ether oxygens (including phenoxy) is 1. The molecular formula is C5H9NO4. The van der Waals surface area contributed by atoms with Crippen molar-refractivity contribution < 1.29 is 19.4 Å². The molecule has 3 N–H and O–H groups in total. The minimum atomic E-state index is -1.53. The molecule has 0 aromatic carbocycles. The van der Waals surface area contributed by atoms with Crippen molar-refractivity contribution in [2.45, 2.75) is 19.6 Å². The van der Waals surface area contributed by atoms with Crippen LogP contribution in [-0.2, 0) is 14.3 Å². The number of nitrogens with two attached hydrogens (primary N) is 1. The summed E-state index contributed by atoms with van der Waals surface area (Å²) in [7, 11) is 0. The van der Waals surface area contributed by atoms with Crippen LogP contribution in [0.15, 0.2) is 0 Å². The molecular weight excluding hydrogens is 138 g/mol. The normalized spacial score (nSPS) is 12.2. The standard InChI is InChI=1S/C5H9NO4/c1-2-3(7)10-4(6)5(8)9/h4H,2,6H2,1H3,(H,8,9). The quantitative estimate of drug-likeness (QED) is 0.407. The Morgan fingerprint density at radius 3 is 2.50 bits per heavy atom. The van der Waals surface area contributed by atoms with Gasteiger partial charge < -0.3 is 9.84 Å². The lowest BCUT2D eigenvalue weighted by molar-refractivity contribution is -0.163. The maximum atomic E-state index is 10.4. The number of hydrogen-bond donors (Lipinski definition) is 2. The first kappa shape index (κ1) is 8.90. The van der Waals surface area contributed by atoms with Gasteiger partial charge in [0.1, 0.15) is 0 Å². The maximum Gasteiger partial charge on any atom is 0.360 e. The number of carbonyl (C=O) groups excluding carboxylic acids is 1. The number of aliphatic carboxylic acids is 1. The van der Waals surface area contributed by atoms with Gasteiger partial charge in [-0.15, -0.1) is 0 Å². The van der Waals surface area contributed by atoms with Crippen molar-refractivity contribution in [3.8, 4) is 0 Å². The number of carboxylic acids is 1. The molecule has 0 heterocycles. The lowest BCUT2D eigenvalue weighted by atomic mass is 10.5. The second-order valence-corrected chi connectivity index (χ2v) is 1.60. The van der Waals surface area contributed by atoms with Gasteiger partial charge in [-0.2, -0.15) is 0 Å². The van der Waals surface area contributed by atoms with Crippen LogP contribution in [0.2, 0.25) is 0 Å². The minimum Gasteiger partial charge on any atom is -0.477 e. The van der Waals surface area contributed by atoms with E-state index in [2.05, 4.69) is 4.74 Å². The molecule has 10 heavy (non-hydrogen) atoms. The van der Waals surface area contributed by atoms with Crippen molar-refractivity contribution >= 4 is 11.9 Å². The van der Waals surface area contributed by atoms with E-state index in [9.17, 15) is 9.59 Å². The maximum absolute atomic E-state index is 10.4. The molecule has 0 bridgehead atoms. The third kappa shape index (κ3) is 3.03. The molecule has 0 aliphatic rings. The van der Waals surface area contributed by atoms with E-state index in [0.29, 0.717) is 0 Å². The third-order valence-corrected chi connectivity index (χ3v) is 0.790. The molecule has 0 aromatic heterocycles. The minimum absolute atomic E-state index is 0.126. The van der Waals surface area contributed by atoms with Crippen LogP contribution in [0, 0.1) is 0 Å². The monoisotopic (exact) mass is 147 g/mol. The van der Waals surface area contributed by atoms with Crippen LogP contribution in [-0.4, -0.2) is 23.3 Å². The lowest BCUT2D eigenvalue weighted by Crippen LogP contribution is -2.34. The number of rotatable bonds is 3. The Morgan fingerprint density at radius 1 is 1.70 bits per heavy atom. The topological polar surface area (TPSA) is 89.6 Å². The Morgan fingerprint density at radius 2 is 2.20 bits per heavy atom. The molecule has 1 atom stereocenters. The van der Waals surface area contributed by atoms with Crippen LogP contribution in [0.1, 0.15) is 13.3 Å². The summed E-state index contributed by atoms with van der Waals surface area (Å²) in [6, 6.07) is 0. The second kappa shape index (κ2) is 3.84. The van der Waals surface area contributed by atoms with E-state index in [4.69, 9.17) is 10.8 Å². The predicted octanol–water partition coefficient (Wildman–Crippen LogP) is -0.691. The molecule has 0 saturated heterocycles. The Balaban J connectivity index is 3.68. The highest BCUT2D eigenvalue weighted by Gasteiger charge is 2.14. The first-order chi connectivity index (χ1) is 4.57. The van der Waals surface area contributed by atoms with Crippen LogP contribution in [0.3, 0.4) is 0 Å². The average molecular weight is 147 g/mol. The Hall–Kier alpha value is -1.10. The number of carboxylic acid groups (broad SMARTS) is 1. The van der Waals surface area contributed by atoms with Gasteiger partial charge in [0, 0.05) is 6.42 Å². The molecule has 58 valence electrons. The van der Waals surface area contributed by atoms with Crippen molar-refractivity contribution in [2.24, 2.45) is 5.73 Å². The van der Waals surface area contributed by atoms with Crippen molar-refractivity contribution in [2.75, 3.05) is 0 Å². The fourth-order valence-electron chi connectivity index (χ4n) is 0.275. The van der Waals surface area contributed by atoms with Gasteiger partial charge in [0.05, 0.1) is 0 Å². The van der Waals surface area contributed by atoms with Gasteiger partial charge in [0.25, 0.3) is 0 Å². The summed E-state index contributed by atoms with van der Waals surface area (Å²) in [5.74, 6) is -1.96. The molecule has 1 unspecified atom stereocenters. The van der Waals surface area contributed by atoms with Gasteiger partial charge in [-0.1, -0.05) is 6.92 Å². The van der Waals surface area contributed by atoms with Crippen molar-refractivity contribution in [1.29, 1.82) is 0 Å². The van der Waals surface area contributed by atoms with Gasteiger partial charge in [0.2, 0.25) is 6.23 Å². The Kier molecular flexibility index (Phi) is 3.42. The fraction of sp³-hybridized carbons (Fsp3) is 0.600. The van der Waals surface area contributed by atoms with E-state index in [1.54, 1.807) is 6.92 Å². The lowest BCUT2D eigenvalue weighted by Gasteiger charge is -2.05. The summed E-state index contributed by atoms with van der Waals surface area (Å²) in [5, 5.41) is 8.12. The van der Waals surface area contributed by atoms with Crippen LogP contribution < -0.4 is 5.73 Å². The van der Waals surface area contributed by atoms with Gasteiger partial charge in [-0.25, -0.2) is 4.79 Å². The zero-order valence-electron chi connectivity index (χ0n) is 5.53. The first-order valence-corrected chi connectivity index (χ1v) is 2.75. The zero-order chi connectivity index (χ0) is 8.15. The molecule has 5 nitrogen and oxygen atoms in total. The Labute approximate surface area is 57.8 Å². The summed E-state index contributed by atoms with van der Waals surface area (Å²) in [4.78, 5) is 20.3. The van der Waals surface area contributed by atoms with Crippen molar-refractivity contribution in [3.05, 3.63) is 0 Å². The molecule has 0 amide bonds. The number of carbonyl (C=O) groups is 2. The average Bonchev–Trinajstić information content (AvgIpc) is 1.87. The van der Waals surface area contributed by atoms with E-state index >= 15 is 0 Å². The largest absolute Gasteiger partial charge is 0.477 e. The van der Waals surface area contributed by atoms with E-state index in [1.807, 2.05) is 0 Å². The SMILES string of the molecule is CCC(=O)OC(N)C(=O)O. The highest BCUT2D eigenvalue weighted by molar-refractivity contribution is 5.77. The summed E-state index contributed by atoms with van der Waals surface area (Å²) >= 11 is 0. The molecule has 0 radical (unpaired) electrons. The van der Waals surface area contributed by atoms with E-state index in [1.165, 1.54) is 0 Å². The zero-order valence-corrected chi connectivity index (χ0v) is 5.53. The van der Waals surface area contributed by atoms with Crippen molar-refractivity contribution in [1.82, 2.24) is 0 Å². The number of esters is 1. The second-order valence-electron chi connectivity index (χ2n) is 1.60. The molecule has 0 aromatic rings. The summed E-state index contributed by atoms with van der Waals surface area (Å²) < 4.78 is 4.20. The first-order valence-electron chi connectivity index (χ1n) is 2.75. The summed E-state index contributed by atoms with van der Waals surface area (Å²) in [5.41, 5.74) is 4.85. The summed E-state index contributed by atoms with van der Waals surface area (Å²) in [6.45, 7) is 1.55. The molecule has 0 rings (SSSR count). The third-order valence-electron chi connectivity index (χ3n) is 0.790. The highest BCUT2D eigenvalue weighted by atomic mass is 16.6. The molecule has 5 heteroatoms. The van der Waals surface area contributed by atoms with Crippen LogP contribution in [0.4, 0.5) is 0 Å². The smallest absolute Gasteiger partial charge is 0.360 e. The van der Waals surface area contributed by atoms with Crippen molar-refractivity contribution in [3.63, 3.8) is 0 Å². The van der Waals surface area contributed by atoms with Gasteiger partial charge in [-0.05, 0) is 0 Å². The Bertz CT molecular complexity index is 145.